The maximum absolute atomic E-state index is 10.3. The van der Waals surface area contributed by atoms with Crippen LogP contribution in [0, 0.1) is 6.92 Å². The molecule has 0 unspecified atom stereocenters. The molecule has 20 heavy (non-hydrogen) atoms. The summed E-state index contributed by atoms with van der Waals surface area (Å²) >= 11 is 0. The molecule has 0 heterocycles. The number of aromatic hydroxyl groups is 1. The minimum absolute atomic E-state index is 0.0671. The quantitative estimate of drug-likeness (QED) is 0.782. The van der Waals surface area contributed by atoms with Crippen LogP contribution in [0.4, 0.5) is 0 Å². The molecule has 5 heteroatoms. The van der Waals surface area contributed by atoms with Crippen LogP contribution in [0.2, 0.25) is 0 Å². The van der Waals surface area contributed by atoms with Gasteiger partial charge in [0.15, 0.2) is 0 Å². The van der Waals surface area contributed by atoms with E-state index in [4.69, 9.17) is 15.3 Å². The number of phenols is 1. The third-order valence-electron chi connectivity index (χ3n) is 2.43. The van der Waals surface area contributed by atoms with Crippen molar-refractivity contribution >= 4 is 11.9 Å². The van der Waals surface area contributed by atoms with Gasteiger partial charge in [0.05, 0.1) is 5.56 Å². The third-order valence-corrected chi connectivity index (χ3v) is 2.43. The summed E-state index contributed by atoms with van der Waals surface area (Å²) in [7, 11) is 0. The van der Waals surface area contributed by atoms with Gasteiger partial charge in [-0.25, -0.2) is 9.59 Å². The Bertz CT molecular complexity index is 602. The molecule has 104 valence electrons. The molecule has 0 radical (unpaired) electrons. The first-order valence-corrected chi connectivity index (χ1v) is 5.73. The largest absolute Gasteiger partial charge is 0.507 e. The maximum atomic E-state index is 10.3. The molecular formula is C15H14O5. The Morgan fingerprint density at radius 3 is 1.80 bits per heavy atom. The molecule has 0 aliphatic carbocycles. The summed E-state index contributed by atoms with van der Waals surface area (Å²) in [5.74, 6) is -2.19. The Morgan fingerprint density at radius 2 is 1.40 bits per heavy atom. The van der Waals surface area contributed by atoms with Crippen LogP contribution in [0.15, 0.2) is 48.5 Å². The highest BCUT2D eigenvalue weighted by Crippen LogP contribution is 2.14. The average molecular weight is 274 g/mol. The van der Waals surface area contributed by atoms with Gasteiger partial charge in [0.25, 0.3) is 0 Å². The molecular weight excluding hydrogens is 260 g/mol. The summed E-state index contributed by atoms with van der Waals surface area (Å²) in [5.41, 5.74) is 1.35. The fourth-order valence-corrected chi connectivity index (χ4v) is 1.35. The Labute approximate surface area is 115 Å². The summed E-state index contributed by atoms with van der Waals surface area (Å²) in [6, 6.07) is 12.6. The predicted octanol–water partition coefficient (Wildman–Crippen LogP) is 2.78. The van der Waals surface area contributed by atoms with Crippen LogP contribution in [-0.4, -0.2) is 27.3 Å². The van der Waals surface area contributed by atoms with E-state index in [1.54, 1.807) is 36.4 Å². The summed E-state index contributed by atoms with van der Waals surface area (Å²) < 4.78 is 0. The summed E-state index contributed by atoms with van der Waals surface area (Å²) in [6.45, 7) is 1.92. The predicted molar refractivity (Wildman–Crippen MR) is 73.2 cm³/mol. The molecule has 5 nitrogen and oxygen atoms in total. The second kappa shape index (κ2) is 6.94. The SMILES string of the molecule is Cc1ccc(C(=O)O)cc1.O=C(O)c1ccccc1O. The van der Waals surface area contributed by atoms with Crippen molar-refractivity contribution in [1.82, 2.24) is 0 Å². The smallest absolute Gasteiger partial charge is 0.339 e. The van der Waals surface area contributed by atoms with Crippen molar-refractivity contribution in [3.63, 3.8) is 0 Å². The molecule has 0 aliphatic heterocycles. The fourth-order valence-electron chi connectivity index (χ4n) is 1.35. The van der Waals surface area contributed by atoms with Gasteiger partial charge >= 0.3 is 11.9 Å². The molecule has 3 N–H and O–H groups in total. The maximum Gasteiger partial charge on any atom is 0.339 e. The second-order valence-corrected chi connectivity index (χ2v) is 3.99. The van der Waals surface area contributed by atoms with Crippen molar-refractivity contribution < 1.29 is 24.9 Å². The van der Waals surface area contributed by atoms with Crippen LogP contribution in [0.25, 0.3) is 0 Å². The van der Waals surface area contributed by atoms with Gasteiger partial charge in [-0.05, 0) is 31.2 Å². The van der Waals surface area contributed by atoms with Crippen LogP contribution in [0.5, 0.6) is 5.75 Å². The van der Waals surface area contributed by atoms with E-state index < -0.39 is 11.9 Å². The van der Waals surface area contributed by atoms with Crippen molar-refractivity contribution in [1.29, 1.82) is 0 Å². The molecule has 0 aromatic heterocycles. The van der Waals surface area contributed by atoms with E-state index >= 15 is 0 Å². The lowest BCUT2D eigenvalue weighted by Crippen LogP contribution is -1.95. The van der Waals surface area contributed by atoms with E-state index in [9.17, 15) is 9.59 Å². The van der Waals surface area contributed by atoms with Gasteiger partial charge in [0.2, 0.25) is 0 Å². The fraction of sp³-hybridized carbons (Fsp3) is 0.0667. The molecule has 0 aliphatic rings. The minimum atomic E-state index is -1.11. The summed E-state index contributed by atoms with van der Waals surface area (Å²) in [4.78, 5) is 20.6. The van der Waals surface area contributed by atoms with Gasteiger partial charge in [-0.3, -0.25) is 0 Å². The van der Waals surface area contributed by atoms with Crippen molar-refractivity contribution in [3.05, 3.63) is 65.2 Å². The summed E-state index contributed by atoms with van der Waals surface area (Å²) in [6.07, 6.45) is 0. The number of hydrogen-bond acceptors (Lipinski definition) is 3. The molecule has 0 fully saturated rings. The van der Waals surface area contributed by atoms with Crippen LogP contribution >= 0.6 is 0 Å². The molecule has 0 bridgehead atoms. The number of rotatable bonds is 2. The molecule has 2 rings (SSSR count). The lowest BCUT2D eigenvalue weighted by atomic mass is 10.2. The zero-order valence-electron chi connectivity index (χ0n) is 10.8. The molecule has 0 saturated heterocycles. The number of aryl methyl sites for hydroxylation is 1. The van der Waals surface area contributed by atoms with Crippen LogP contribution < -0.4 is 0 Å². The standard InChI is InChI=1S/C8H8O2.C7H6O3/c1-6-2-4-7(5-3-6)8(9)10;8-6-4-2-1-3-5(6)7(9)10/h2-5H,1H3,(H,9,10);1-4,8H,(H,9,10). The number of hydrogen-bond donors (Lipinski definition) is 3. The van der Waals surface area contributed by atoms with Crippen LogP contribution in [-0.2, 0) is 0 Å². The van der Waals surface area contributed by atoms with Gasteiger partial charge in [0, 0.05) is 0 Å². The highest BCUT2D eigenvalue weighted by Gasteiger charge is 2.05. The highest BCUT2D eigenvalue weighted by molar-refractivity contribution is 5.90. The van der Waals surface area contributed by atoms with Gasteiger partial charge in [-0.15, -0.1) is 0 Å². The molecule has 0 amide bonds. The molecule has 0 spiro atoms. The second-order valence-electron chi connectivity index (χ2n) is 3.99. The summed E-state index contributed by atoms with van der Waals surface area (Å²) in [5, 5.41) is 25.8. The molecule has 2 aromatic carbocycles. The first kappa shape index (κ1) is 15.2. The van der Waals surface area contributed by atoms with E-state index in [0.717, 1.165) is 5.56 Å². The van der Waals surface area contributed by atoms with E-state index in [2.05, 4.69) is 0 Å². The highest BCUT2D eigenvalue weighted by atomic mass is 16.4. The van der Waals surface area contributed by atoms with Crippen molar-refractivity contribution in [2.24, 2.45) is 0 Å². The lowest BCUT2D eigenvalue weighted by Gasteiger charge is -1.95. The van der Waals surface area contributed by atoms with E-state index in [1.807, 2.05) is 6.92 Å². The van der Waals surface area contributed by atoms with Gasteiger partial charge < -0.3 is 15.3 Å². The first-order valence-electron chi connectivity index (χ1n) is 5.73. The number of aromatic carboxylic acids is 2. The lowest BCUT2D eigenvalue weighted by molar-refractivity contribution is 0.0684. The van der Waals surface area contributed by atoms with Crippen molar-refractivity contribution in [2.45, 2.75) is 6.92 Å². The number of carboxylic acids is 2. The molecule has 0 saturated carbocycles. The number of para-hydroxylation sites is 1. The monoisotopic (exact) mass is 274 g/mol. The zero-order chi connectivity index (χ0) is 15.1. The van der Waals surface area contributed by atoms with E-state index in [-0.39, 0.29) is 11.3 Å². The number of carboxylic acid groups (broad SMARTS) is 2. The average Bonchev–Trinajstić information content (AvgIpc) is 2.40. The van der Waals surface area contributed by atoms with Crippen LogP contribution in [0.1, 0.15) is 26.3 Å². The van der Waals surface area contributed by atoms with Crippen molar-refractivity contribution in [3.8, 4) is 5.75 Å². The Hall–Kier alpha value is -2.82. The van der Waals surface area contributed by atoms with E-state index in [0.29, 0.717) is 5.56 Å². The zero-order valence-corrected chi connectivity index (χ0v) is 10.8. The number of carbonyl (C=O) groups is 2. The van der Waals surface area contributed by atoms with Gasteiger partial charge in [-0.1, -0.05) is 29.8 Å². The Kier molecular flexibility index (Phi) is 5.29. The third kappa shape index (κ3) is 4.45. The molecule has 2 aromatic rings. The van der Waals surface area contributed by atoms with Gasteiger partial charge in [0.1, 0.15) is 11.3 Å². The molecule has 0 atom stereocenters. The first-order chi connectivity index (χ1) is 9.41. The Morgan fingerprint density at radius 1 is 0.850 bits per heavy atom. The Balaban J connectivity index is 0.000000200. The normalized spacial score (nSPS) is 9.25. The topological polar surface area (TPSA) is 94.8 Å². The number of benzene rings is 2. The van der Waals surface area contributed by atoms with Gasteiger partial charge in [-0.2, -0.15) is 0 Å². The van der Waals surface area contributed by atoms with E-state index in [1.165, 1.54) is 12.1 Å². The van der Waals surface area contributed by atoms with Crippen LogP contribution in [0.3, 0.4) is 0 Å². The minimum Gasteiger partial charge on any atom is -0.507 e. The van der Waals surface area contributed by atoms with Crippen molar-refractivity contribution in [2.75, 3.05) is 0 Å².